The zero-order valence-electron chi connectivity index (χ0n) is 10.9. The lowest BCUT2D eigenvalue weighted by molar-refractivity contribution is 0.878. The quantitative estimate of drug-likeness (QED) is 0.888. The highest BCUT2D eigenvalue weighted by atomic mass is 15.2. The van der Waals surface area contributed by atoms with E-state index in [0.29, 0.717) is 5.95 Å². The van der Waals surface area contributed by atoms with Crippen molar-refractivity contribution in [1.29, 1.82) is 0 Å². The number of rotatable bonds is 4. The van der Waals surface area contributed by atoms with Crippen LogP contribution in [0.5, 0.6) is 0 Å². The van der Waals surface area contributed by atoms with Crippen LogP contribution < -0.4 is 10.2 Å². The molecular weight excluding hydrogens is 226 g/mol. The molecule has 0 bridgehead atoms. The molecule has 0 saturated heterocycles. The number of aromatic nitrogens is 3. The number of hydrogen-bond donors (Lipinski definition) is 1. The molecule has 94 valence electrons. The van der Waals surface area contributed by atoms with E-state index in [4.69, 9.17) is 0 Å². The highest BCUT2D eigenvalue weighted by Crippen LogP contribution is 2.18. The van der Waals surface area contributed by atoms with E-state index in [1.54, 1.807) is 6.20 Å². The summed E-state index contributed by atoms with van der Waals surface area (Å²) in [5, 5.41) is 2.95. The normalized spacial score (nSPS) is 10.2. The molecule has 2 aromatic heterocycles. The van der Waals surface area contributed by atoms with Gasteiger partial charge in [0.15, 0.2) is 0 Å². The molecule has 0 aliphatic rings. The van der Waals surface area contributed by atoms with Crippen LogP contribution in [0.2, 0.25) is 0 Å². The van der Waals surface area contributed by atoms with Crippen molar-refractivity contribution in [2.75, 3.05) is 24.3 Å². The number of pyridine rings is 1. The van der Waals surface area contributed by atoms with Crippen LogP contribution in [0.4, 0.5) is 11.8 Å². The Morgan fingerprint density at radius 1 is 1.33 bits per heavy atom. The predicted octanol–water partition coefficient (Wildman–Crippen LogP) is 1.86. The first-order chi connectivity index (χ1) is 8.70. The summed E-state index contributed by atoms with van der Waals surface area (Å²) < 4.78 is 0. The van der Waals surface area contributed by atoms with Crippen LogP contribution >= 0.6 is 0 Å². The molecule has 0 aliphatic carbocycles. The van der Waals surface area contributed by atoms with Gasteiger partial charge < -0.3 is 10.2 Å². The van der Waals surface area contributed by atoms with Crippen LogP contribution in [0.15, 0.2) is 30.7 Å². The molecule has 5 heteroatoms. The second-order valence-corrected chi connectivity index (χ2v) is 4.17. The minimum absolute atomic E-state index is 0.633. The zero-order chi connectivity index (χ0) is 13.0. The summed E-state index contributed by atoms with van der Waals surface area (Å²) in [5.74, 6) is 1.56. The average Bonchev–Trinajstić information content (AvgIpc) is 2.40. The van der Waals surface area contributed by atoms with Crippen LogP contribution in [-0.2, 0) is 6.54 Å². The van der Waals surface area contributed by atoms with E-state index in [0.717, 1.165) is 23.5 Å². The monoisotopic (exact) mass is 243 g/mol. The predicted molar refractivity (Wildman–Crippen MR) is 72.7 cm³/mol. The number of nitrogens with one attached hydrogen (secondary N) is 1. The average molecular weight is 243 g/mol. The summed E-state index contributed by atoms with van der Waals surface area (Å²) in [6.45, 7) is 2.78. The number of aryl methyl sites for hydroxylation is 1. The summed E-state index contributed by atoms with van der Waals surface area (Å²) in [4.78, 5) is 14.9. The van der Waals surface area contributed by atoms with Gasteiger partial charge in [0, 0.05) is 44.8 Å². The SMILES string of the molecule is CNc1ncc(C)c(N(C)Cc2cccnc2)n1. The van der Waals surface area contributed by atoms with Gasteiger partial charge in [-0.2, -0.15) is 4.98 Å². The molecule has 0 unspecified atom stereocenters. The number of nitrogens with zero attached hydrogens (tertiary/aromatic N) is 4. The molecule has 0 spiro atoms. The third-order valence-corrected chi connectivity index (χ3v) is 2.67. The Kier molecular flexibility index (Phi) is 3.72. The summed E-state index contributed by atoms with van der Waals surface area (Å²) >= 11 is 0. The standard InChI is InChI=1S/C13H17N5/c1-10-7-16-13(14-2)17-12(10)18(3)9-11-5-4-6-15-8-11/h4-8H,9H2,1-3H3,(H,14,16,17). The van der Waals surface area contributed by atoms with Crippen molar-refractivity contribution < 1.29 is 0 Å². The van der Waals surface area contributed by atoms with E-state index >= 15 is 0 Å². The van der Waals surface area contributed by atoms with Crippen molar-refractivity contribution in [3.8, 4) is 0 Å². The van der Waals surface area contributed by atoms with Crippen molar-refractivity contribution in [3.63, 3.8) is 0 Å². The maximum Gasteiger partial charge on any atom is 0.224 e. The third-order valence-electron chi connectivity index (χ3n) is 2.67. The molecule has 0 saturated carbocycles. The van der Waals surface area contributed by atoms with Gasteiger partial charge in [-0.3, -0.25) is 4.98 Å². The number of hydrogen-bond acceptors (Lipinski definition) is 5. The van der Waals surface area contributed by atoms with Crippen molar-refractivity contribution in [3.05, 3.63) is 41.9 Å². The van der Waals surface area contributed by atoms with E-state index in [2.05, 4.69) is 31.2 Å². The molecule has 0 aromatic carbocycles. The molecular formula is C13H17N5. The molecule has 0 radical (unpaired) electrons. The van der Waals surface area contributed by atoms with Gasteiger partial charge >= 0.3 is 0 Å². The topological polar surface area (TPSA) is 53.9 Å². The second kappa shape index (κ2) is 5.44. The number of anilines is 2. The summed E-state index contributed by atoms with van der Waals surface area (Å²) in [6, 6.07) is 3.99. The minimum Gasteiger partial charge on any atom is -0.357 e. The summed E-state index contributed by atoms with van der Waals surface area (Å²) in [7, 11) is 3.83. The highest BCUT2D eigenvalue weighted by Gasteiger charge is 2.08. The van der Waals surface area contributed by atoms with Crippen LogP contribution in [0, 0.1) is 6.92 Å². The largest absolute Gasteiger partial charge is 0.357 e. The second-order valence-electron chi connectivity index (χ2n) is 4.17. The van der Waals surface area contributed by atoms with Gasteiger partial charge in [0.1, 0.15) is 5.82 Å². The van der Waals surface area contributed by atoms with Crippen LogP contribution in [0.1, 0.15) is 11.1 Å². The Bertz CT molecular complexity index is 512. The lowest BCUT2D eigenvalue weighted by Gasteiger charge is -2.20. The van der Waals surface area contributed by atoms with Gasteiger partial charge in [-0.05, 0) is 18.6 Å². The van der Waals surface area contributed by atoms with Crippen molar-refractivity contribution in [2.24, 2.45) is 0 Å². The van der Waals surface area contributed by atoms with E-state index in [1.165, 1.54) is 0 Å². The smallest absolute Gasteiger partial charge is 0.224 e. The van der Waals surface area contributed by atoms with E-state index < -0.39 is 0 Å². The van der Waals surface area contributed by atoms with Crippen LogP contribution in [-0.4, -0.2) is 29.0 Å². The van der Waals surface area contributed by atoms with E-state index in [1.807, 2.05) is 39.5 Å². The highest BCUT2D eigenvalue weighted by molar-refractivity contribution is 5.48. The van der Waals surface area contributed by atoms with Gasteiger partial charge in [0.05, 0.1) is 0 Å². The van der Waals surface area contributed by atoms with Gasteiger partial charge in [-0.1, -0.05) is 6.07 Å². The molecule has 2 heterocycles. The molecule has 18 heavy (non-hydrogen) atoms. The van der Waals surface area contributed by atoms with Gasteiger partial charge in [0.25, 0.3) is 0 Å². The third kappa shape index (κ3) is 2.74. The van der Waals surface area contributed by atoms with Crippen LogP contribution in [0.25, 0.3) is 0 Å². The Labute approximate surface area is 107 Å². The first-order valence-corrected chi connectivity index (χ1v) is 5.82. The fourth-order valence-corrected chi connectivity index (χ4v) is 1.78. The Hall–Kier alpha value is -2.17. The summed E-state index contributed by atoms with van der Waals surface area (Å²) in [6.07, 6.45) is 5.47. The Balaban J connectivity index is 2.20. The molecule has 0 aliphatic heterocycles. The fraction of sp³-hybridized carbons (Fsp3) is 0.308. The summed E-state index contributed by atoms with van der Waals surface area (Å²) in [5.41, 5.74) is 2.21. The molecule has 2 rings (SSSR count). The zero-order valence-corrected chi connectivity index (χ0v) is 10.9. The molecule has 0 fully saturated rings. The maximum atomic E-state index is 4.47. The molecule has 0 amide bonds. The van der Waals surface area contributed by atoms with Gasteiger partial charge in [0.2, 0.25) is 5.95 Å². The van der Waals surface area contributed by atoms with Crippen molar-refractivity contribution >= 4 is 11.8 Å². The minimum atomic E-state index is 0.633. The van der Waals surface area contributed by atoms with E-state index in [-0.39, 0.29) is 0 Å². The van der Waals surface area contributed by atoms with Crippen molar-refractivity contribution in [2.45, 2.75) is 13.5 Å². The lowest BCUT2D eigenvalue weighted by Crippen LogP contribution is -2.19. The maximum absolute atomic E-state index is 4.47. The van der Waals surface area contributed by atoms with Gasteiger partial charge in [-0.15, -0.1) is 0 Å². The lowest BCUT2D eigenvalue weighted by atomic mass is 10.2. The Morgan fingerprint density at radius 2 is 2.17 bits per heavy atom. The van der Waals surface area contributed by atoms with Crippen molar-refractivity contribution in [1.82, 2.24) is 15.0 Å². The molecule has 2 aromatic rings. The van der Waals surface area contributed by atoms with Crippen LogP contribution in [0.3, 0.4) is 0 Å². The van der Waals surface area contributed by atoms with Gasteiger partial charge in [-0.25, -0.2) is 4.98 Å². The molecule has 1 N–H and O–H groups in total. The molecule has 0 atom stereocenters. The fourth-order valence-electron chi connectivity index (χ4n) is 1.78. The Morgan fingerprint density at radius 3 is 2.83 bits per heavy atom. The first kappa shape index (κ1) is 12.3. The van der Waals surface area contributed by atoms with E-state index in [9.17, 15) is 0 Å². The molecule has 5 nitrogen and oxygen atoms in total. The first-order valence-electron chi connectivity index (χ1n) is 5.82.